The molecule has 0 heterocycles. The molecule has 0 bridgehead atoms. The molecule has 1 rings (SSSR count). The van der Waals surface area contributed by atoms with Gasteiger partial charge in [-0.2, -0.15) is 5.26 Å². The highest BCUT2D eigenvalue weighted by atomic mass is 35.5. The SMILES string of the molecule is CC(C)[C@](C)(C#N)NC(=O)CN(C)CC(=O)Nc1ccccc1Cl. The molecule has 24 heavy (non-hydrogen) atoms. The highest BCUT2D eigenvalue weighted by Gasteiger charge is 2.30. The highest BCUT2D eigenvalue weighted by Crippen LogP contribution is 2.20. The minimum Gasteiger partial charge on any atom is -0.337 e. The van der Waals surface area contributed by atoms with Crippen LogP contribution in [0.15, 0.2) is 24.3 Å². The molecule has 2 N–H and O–H groups in total. The predicted octanol–water partition coefficient (Wildman–Crippen LogP) is 2.26. The number of hydrogen-bond acceptors (Lipinski definition) is 4. The van der Waals surface area contributed by atoms with E-state index in [1.54, 1.807) is 43.1 Å². The fourth-order valence-electron chi connectivity index (χ4n) is 1.93. The molecule has 0 spiro atoms. The molecule has 6 nitrogen and oxygen atoms in total. The molecule has 2 amide bonds. The fourth-order valence-corrected chi connectivity index (χ4v) is 2.11. The number of para-hydroxylation sites is 1. The Morgan fingerprint density at radius 1 is 1.29 bits per heavy atom. The third-order valence-electron chi connectivity index (χ3n) is 3.76. The molecule has 0 fully saturated rings. The molecule has 0 unspecified atom stereocenters. The minimum atomic E-state index is -0.933. The van der Waals surface area contributed by atoms with Crippen molar-refractivity contribution in [2.75, 3.05) is 25.5 Å². The van der Waals surface area contributed by atoms with Gasteiger partial charge < -0.3 is 10.6 Å². The molecular weight excluding hydrogens is 328 g/mol. The zero-order valence-electron chi connectivity index (χ0n) is 14.4. The van der Waals surface area contributed by atoms with Crippen LogP contribution in [0.4, 0.5) is 5.69 Å². The number of amides is 2. The van der Waals surface area contributed by atoms with E-state index < -0.39 is 5.54 Å². The normalized spacial score (nSPS) is 13.2. The van der Waals surface area contributed by atoms with Gasteiger partial charge in [0, 0.05) is 0 Å². The molecule has 130 valence electrons. The van der Waals surface area contributed by atoms with E-state index in [0.717, 1.165) is 0 Å². The second-order valence-corrected chi connectivity index (χ2v) is 6.62. The van der Waals surface area contributed by atoms with Gasteiger partial charge >= 0.3 is 0 Å². The number of nitrogens with one attached hydrogen (secondary N) is 2. The van der Waals surface area contributed by atoms with Crippen LogP contribution < -0.4 is 10.6 Å². The van der Waals surface area contributed by atoms with Crippen molar-refractivity contribution >= 4 is 29.1 Å². The molecule has 0 saturated carbocycles. The second-order valence-electron chi connectivity index (χ2n) is 6.22. The van der Waals surface area contributed by atoms with Gasteiger partial charge in [-0.05, 0) is 32.0 Å². The van der Waals surface area contributed by atoms with Gasteiger partial charge in [-0.1, -0.05) is 37.6 Å². The molecule has 1 aromatic carbocycles. The molecule has 1 aromatic rings. The first kappa shape index (κ1) is 19.9. The summed E-state index contributed by atoms with van der Waals surface area (Å²) in [5, 5.41) is 15.1. The van der Waals surface area contributed by atoms with Gasteiger partial charge in [-0.15, -0.1) is 0 Å². The smallest absolute Gasteiger partial charge is 0.238 e. The van der Waals surface area contributed by atoms with Gasteiger partial charge in [0.1, 0.15) is 5.54 Å². The van der Waals surface area contributed by atoms with Crippen LogP contribution in [0.25, 0.3) is 0 Å². The summed E-state index contributed by atoms with van der Waals surface area (Å²) in [5.74, 6) is -0.605. The van der Waals surface area contributed by atoms with E-state index in [4.69, 9.17) is 11.6 Å². The maximum Gasteiger partial charge on any atom is 0.238 e. The number of likely N-dealkylation sites (N-methyl/N-ethyl adjacent to an activating group) is 1. The quantitative estimate of drug-likeness (QED) is 0.790. The summed E-state index contributed by atoms with van der Waals surface area (Å²) in [4.78, 5) is 25.6. The van der Waals surface area contributed by atoms with Crippen LogP contribution in [-0.2, 0) is 9.59 Å². The maximum absolute atomic E-state index is 12.1. The molecule has 0 saturated heterocycles. The third kappa shape index (κ3) is 5.84. The largest absolute Gasteiger partial charge is 0.337 e. The van der Waals surface area contributed by atoms with Gasteiger partial charge in [-0.25, -0.2) is 0 Å². The number of anilines is 1. The van der Waals surface area contributed by atoms with E-state index in [1.165, 1.54) is 0 Å². The first-order valence-electron chi connectivity index (χ1n) is 7.63. The average Bonchev–Trinajstić information content (AvgIpc) is 2.48. The Morgan fingerprint density at radius 2 is 1.88 bits per heavy atom. The standard InChI is InChI=1S/C17H23ClN4O2/c1-12(2)17(3,11-19)21-16(24)10-22(4)9-15(23)20-14-8-6-5-7-13(14)18/h5-8,12H,9-10H2,1-4H3,(H,20,23)(H,21,24)/t17-/m0/s1. The molecule has 0 aromatic heterocycles. The van der Waals surface area contributed by atoms with E-state index in [2.05, 4.69) is 16.7 Å². The van der Waals surface area contributed by atoms with Gasteiger partial charge in [0.2, 0.25) is 11.8 Å². The number of nitrogens with zero attached hydrogens (tertiary/aromatic N) is 2. The Hall–Kier alpha value is -2.10. The van der Waals surface area contributed by atoms with Gasteiger partial charge in [0.15, 0.2) is 0 Å². The van der Waals surface area contributed by atoms with Gasteiger partial charge in [0.25, 0.3) is 0 Å². The summed E-state index contributed by atoms with van der Waals surface area (Å²) >= 11 is 5.98. The monoisotopic (exact) mass is 350 g/mol. The lowest BCUT2D eigenvalue weighted by molar-refractivity contribution is -0.124. The van der Waals surface area contributed by atoms with E-state index >= 15 is 0 Å². The second kappa shape index (κ2) is 8.67. The molecule has 1 atom stereocenters. The summed E-state index contributed by atoms with van der Waals surface area (Å²) in [6.45, 7) is 5.46. The van der Waals surface area contributed by atoms with Gasteiger partial charge in [-0.3, -0.25) is 14.5 Å². The Labute approximate surface area is 147 Å². The number of nitriles is 1. The Kier molecular flexibility index (Phi) is 7.20. The minimum absolute atomic E-state index is 0.0138. The van der Waals surface area contributed by atoms with Crippen molar-refractivity contribution in [2.45, 2.75) is 26.3 Å². The zero-order valence-corrected chi connectivity index (χ0v) is 15.1. The van der Waals surface area contributed by atoms with Crippen molar-refractivity contribution in [3.05, 3.63) is 29.3 Å². The van der Waals surface area contributed by atoms with Crippen LogP contribution >= 0.6 is 11.6 Å². The fraction of sp³-hybridized carbons (Fsp3) is 0.471. The van der Waals surface area contributed by atoms with E-state index in [0.29, 0.717) is 10.7 Å². The number of rotatable bonds is 7. The summed E-state index contributed by atoms with van der Waals surface area (Å²) in [6, 6.07) is 9.05. The van der Waals surface area contributed by atoms with Crippen LogP contribution in [0.2, 0.25) is 5.02 Å². The van der Waals surface area contributed by atoms with Crippen molar-refractivity contribution in [1.29, 1.82) is 5.26 Å². The first-order chi connectivity index (χ1) is 11.2. The van der Waals surface area contributed by atoms with Crippen molar-refractivity contribution < 1.29 is 9.59 Å². The molecule has 0 aliphatic rings. The topological polar surface area (TPSA) is 85.2 Å². The summed E-state index contributed by atoms with van der Waals surface area (Å²) in [5.41, 5.74) is -0.406. The van der Waals surface area contributed by atoms with E-state index in [-0.39, 0.29) is 30.8 Å². The molecule has 0 aliphatic heterocycles. The van der Waals surface area contributed by atoms with Crippen LogP contribution in [0, 0.1) is 17.2 Å². The predicted molar refractivity (Wildman–Crippen MR) is 94.6 cm³/mol. The van der Waals surface area contributed by atoms with Gasteiger partial charge in [0.05, 0.1) is 29.9 Å². The Balaban J connectivity index is 2.52. The summed E-state index contributed by atoms with van der Waals surface area (Å²) in [7, 11) is 1.66. The van der Waals surface area contributed by atoms with Crippen LogP contribution in [0.5, 0.6) is 0 Å². The molecule has 7 heteroatoms. The number of hydrogen-bond donors (Lipinski definition) is 2. The Morgan fingerprint density at radius 3 is 2.42 bits per heavy atom. The first-order valence-corrected chi connectivity index (χ1v) is 8.01. The number of carbonyl (C=O) groups is 2. The molecular formula is C17H23ClN4O2. The third-order valence-corrected chi connectivity index (χ3v) is 4.09. The van der Waals surface area contributed by atoms with Crippen LogP contribution in [-0.4, -0.2) is 42.4 Å². The highest BCUT2D eigenvalue weighted by molar-refractivity contribution is 6.33. The lowest BCUT2D eigenvalue weighted by atomic mass is 9.90. The maximum atomic E-state index is 12.1. The van der Waals surface area contributed by atoms with Crippen LogP contribution in [0.3, 0.4) is 0 Å². The number of halogens is 1. The van der Waals surface area contributed by atoms with Crippen molar-refractivity contribution in [3.63, 3.8) is 0 Å². The summed E-state index contributed by atoms with van der Waals surface area (Å²) < 4.78 is 0. The number of carbonyl (C=O) groups excluding carboxylic acids is 2. The van der Waals surface area contributed by atoms with E-state index in [9.17, 15) is 14.9 Å². The van der Waals surface area contributed by atoms with E-state index in [1.807, 2.05) is 13.8 Å². The average molecular weight is 351 g/mol. The lowest BCUT2D eigenvalue weighted by Gasteiger charge is -2.28. The Bertz CT molecular complexity index is 642. The zero-order chi connectivity index (χ0) is 18.3. The summed E-state index contributed by atoms with van der Waals surface area (Å²) in [6.07, 6.45) is 0. The van der Waals surface area contributed by atoms with Crippen molar-refractivity contribution in [2.24, 2.45) is 5.92 Å². The van der Waals surface area contributed by atoms with Crippen molar-refractivity contribution in [1.82, 2.24) is 10.2 Å². The number of benzene rings is 1. The molecule has 0 aliphatic carbocycles. The lowest BCUT2D eigenvalue weighted by Crippen LogP contribution is -2.51. The van der Waals surface area contributed by atoms with Crippen LogP contribution in [0.1, 0.15) is 20.8 Å². The molecule has 0 radical (unpaired) electrons. The van der Waals surface area contributed by atoms with Crippen molar-refractivity contribution in [3.8, 4) is 6.07 Å².